The van der Waals surface area contributed by atoms with Crippen LogP contribution in [0, 0.1) is 5.92 Å². The molecular formula is C16H22N2O5S2. The van der Waals surface area contributed by atoms with Gasteiger partial charge in [0.05, 0.1) is 23.9 Å². The van der Waals surface area contributed by atoms with Crippen molar-refractivity contribution in [1.29, 1.82) is 0 Å². The average Bonchev–Trinajstić information content (AvgIpc) is 2.91. The third-order valence-electron chi connectivity index (χ3n) is 3.65. The zero-order chi connectivity index (χ0) is 18.3. The number of benzene rings is 1. The SMILES string of the molecule is CCOc1ccc(SCC(=O)NNC(=O)C[C@@H]2CCS(=O)(=O)C2)cc1. The minimum absolute atomic E-state index is 0.0436. The van der Waals surface area contributed by atoms with Crippen LogP contribution in [-0.2, 0) is 19.4 Å². The predicted octanol–water partition coefficient (Wildman–Crippen LogP) is 1.15. The third-order valence-corrected chi connectivity index (χ3v) is 6.50. The molecule has 0 unspecified atom stereocenters. The molecule has 1 heterocycles. The van der Waals surface area contributed by atoms with Crippen molar-refractivity contribution in [3.05, 3.63) is 24.3 Å². The molecule has 7 nitrogen and oxygen atoms in total. The first-order valence-corrected chi connectivity index (χ1v) is 10.8. The standard InChI is InChI=1S/C16H22N2O5S2/c1-2-23-13-3-5-14(6-4-13)24-10-16(20)18-17-15(19)9-12-7-8-25(21,22)11-12/h3-6,12H,2,7-11H2,1H3,(H,17,19)(H,18,20)/t12-/m0/s1. The summed E-state index contributed by atoms with van der Waals surface area (Å²) in [7, 11) is -3.00. The molecule has 0 saturated carbocycles. The maximum Gasteiger partial charge on any atom is 0.248 e. The molecule has 0 aliphatic carbocycles. The lowest BCUT2D eigenvalue weighted by Gasteiger charge is -2.10. The fraction of sp³-hybridized carbons (Fsp3) is 0.500. The number of rotatable bonds is 7. The number of nitrogens with one attached hydrogen (secondary N) is 2. The molecular weight excluding hydrogens is 364 g/mol. The van der Waals surface area contributed by atoms with Crippen LogP contribution < -0.4 is 15.6 Å². The quantitative estimate of drug-likeness (QED) is 0.538. The Labute approximate surface area is 151 Å². The van der Waals surface area contributed by atoms with E-state index in [1.165, 1.54) is 11.8 Å². The fourth-order valence-electron chi connectivity index (χ4n) is 2.47. The first kappa shape index (κ1) is 19.6. The first-order chi connectivity index (χ1) is 11.9. The van der Waals surface area contributed by atoms with Crippen molar-refractivity contribution in [3.63, 3.8) is 0 Å². The summed E-state index contributed by atoms with van der Waals surface area (Å²) in [5.41, 5.74) is 4.68. The molecule has 0 aromatic heterocycles. The van der Waals surface area contributed by atoms with Gasteiger partial charge in [0.25, 0.3) is 0 Å². The van der Waals surface area contributed by atoms with E-state index in [1.54, 1.807) is 0 Å². The number of hydrazine groups is 1. The molecule has 0 spiro atoms. The maximum atomic E-state index is 11.8. The van der Waals surface area contributed by atoms with Gasteiger partial charge in [-0.2, -0.15) is 0 Å². The van der Waals surface area contributed by atoms with Crippen LogP contribution in [0.2, 0.25) is 0 Å². The van der Waals surface area contributed by atoms with Crippen molar-refractivity contribution in [2.45, 2.75) is 24.7 Å². The van der Waals surface area contributed by atoms with Gasteiger partial charge in [0.15, 0.2) is 9.84 Å². The Morgan fingerprint density at radius 1 is 1.20 bits per heavy atom. The zero-order valence-electron chi connectivity index (χ0n) is 14.0. The van der Waals surface area contributed by atoms with Gasteiger partial charge in [-0.1, -0.05) is 0 Å². The van der Waals surface area contributed by atoms with Gasteiger partial charge in [0.2, 0.25) is 11.8 Å². The van der Waals surface area contributed by atoms with Crippen molar-refractivity contribution in [2.24, 2.45) is 5.92 Å². The summed E-state index contributed by atoms with van der Waals surface area (Å²) in [5.74, 6) is 0.245. The highest BCUT2D eigenvalue weighted by molar-refractivity contribution is 8.00. The summed E-state index contributed by atoms with van der Waals surface area (Å²) in [5, 5.41) is 0. The number of carbonyl (C=O) groups excluding carboxylic acids is 2. The van der Waals surface area contributed by atoms with E-state index >= 15 is 0 Å². The van der Waals surface area contributed by atoms with Gasteiger partial charge in [-0.3, -0.25) is 20.4 Å². The van der Waals surface area contributed by atoms with Crippen molar-refractivity contribution >= 4 is 33.4 Å². The number of carbonyl (C=O) groups is 2. The van der Waals surface area contributed by atoms with Crippen molar-refractivity contribution in [1.82, 2.24) is 10.9 Å². The van der Waals surface area contributed by atoms with Gasteiger partial charge >= 0.3 is 0 Å². The predicted molar refractivity (Wildman–Crippen MR) is 96.0 cm³/mol. The van der Waals surface area contributed by atoms with E-state index in [2.05, 4.69) is 10.9 Å². The molecule has 138 valence electrons. The largest absolute Gasteiger partial charge is 0.494 e. The van der Waals surface area contributed by atoms with Gasteiger partial charge in [-0.05, 0) is 43.5 Å². The lowest BCUT2D eigenvalue weighted by atomic mass is 10.1. The molecule has 0 bridgehead atoms. The summed E-state index contributed by atoms with van der Waals surface area (Å²) in [4.78, 5) is 24.4. The van der Waals surface area contributed by atoms with Gasteiger partial charge in [-0.15, -0.1) is 11.8 Å². The molecule has 1 saturated heterocycles. The molecule has 9 heteroatoms. The number of amides is 2. The molecule has 2 N–H and O–H groups in total. The maximum absolute atomic E-state index is 11.8. The van der Waals surface area contributed by atoms with E-state index < -0.39 is 9.84 Å². The summed E-state index contributed by atoms with van der Waals surface area (Å²) in [6.07, 6.45) is 0.600. The minimum atomic E-state index is -3.00. The van der Waals surface area contributed by atoms with Gasteiger partial charge in [-0.25, -0.2) is 8.42 Å². The number of hydrogen-bond acceptors (Lipinski definition) is 6. The Balaban J connectivity index is 1.65. The number of ether oxygens (including phenoxy) is 1. The van der Waals surface area contributed by atoms with Crippen molar-refractivity contribution in [3.8, 4) is 5.75 Å². The van der Waals surface area contributed by atoms with E-state index in [0.717, 1.165) is 10.6 Å². The average molecular weight is 386 g/mol. The van der Waals surface area contributed by atoms with Crippen LogP contribution in [0.1, 0.15) is 19.8 Å². The molecule has 25 heavy (non-hydrogen) atoms. The lowest BCUT2D eigenvalue weighted by molar-refractivity contribution is -0.128. The second kappa shape index (κ2) is 9.10. The van der Waals surface area contributed by atoms with Crippen LogP contribution in [0.3, 0.4) is 0 Å². The van der Waals surface area contributed by atoms with Crippen LogP contribution >= 0.6 is 11.8 Å². The highest BCUT2D eigenvalue weighted by Gasteiger charge is 2.29. The summed E-state index contributed by atoms with van der Waals surface area (Å²) in [6.45, 7) is 2.51. The van der Waals surface area contributed by atoms with E-state index in [9.17, 15) is 18.0 Å². The summed E-state index contributed by atoms with van der Waals surface area (Å²) in [6, 6.07) is 7.40. The molecule has 0 radical (unpaired) electrons. The molecule has 1 atom stereocenters. The van der Waals surface area contributed by atoms with Gasteiger partial charge < -0.3 is 4.74 Å². The zero-order valence-corrected chi connectivity index (χ0v) is 15.6. The Morgan fingerprint density at radius 2 is 1.88 bits per heavy atom. The first-order valence-electron chi connectivity index (χ1n) is 8.01. The lowest BCUT2D eigenvalue weighted by Crippen LogP contribution is -2.43. The minimum Gasteiger partial charge on any atom is -0.494 e. The molecule has 1 aromatic carbocycles. The highest BCUT2D eigenvalue weighted by atomic mass is 32.2. The fourth-order valence-corrected chi connectivity index (χ4v) is 5.03. The van der Waals surface area contributed by atoms with E-state index in [4.69, 9.17) is 4.74 Å². The van der Waals surface area contributed by atoms with Crippen LogP contribution in [0.5, 0.6) is 5.75 Å². The Kier molecular flexibility index (Phi) is 7.12. The van der Waals surface area contributed by atoms with E-state index in [-0.39, 0.29) is 41.4 Å². The summed E-state index contributed by atoms with van der Waals surface area (Å²) < 4.78 is 28.1. The molecule has 2 amide bonds. The Morgan fingerprint density at radius 3 is 2.48 bits per heavy atom. The Bertz CT molecular complexity index is 704. The normalized spacial score (nSPS) is 18.5. The van der Waals surface area contributed by atoms with Crippen LogP contribution in [-0.4, -0.2) is 44.1 Å². The van der Waals surface area contributed by atoms with E-state index in [1.807, 2.05) is 31.2 Å². The summed E-state index contributed by atoms with van der Waals surface area (Å²) >= 11 is 1.34. The molecule has 1 aliphatic rings. The topological polar surface area (TPSA) is 102 Å². The number of hydrogen-bond donors (Lipinski definition) is 2. The van der Waals surface area contributed by atoms with Gasteiger partial charge in [0.1, 0.15) is 5.75 Å². The number of sulfone groups is 1. The van der Waals surface area contributed by atoms with Crippen molar-refractivity contribution < 1.29 is 22.7 Å². The molecule has 2 rings (SSSR count). The number of thioether (sulfide) groups is 1. The van der Waals surface area contributed by atoms with Gasteiger partial charge in [0, 0.05) is 11.3 Å². The molecule has 1 aromatic rings. The Hall–Kier alpha value is -1.74. The third kappa shape index (κ3) is 6.95. The second-order valence-electron chi connectivity index (χ2n) is 5.76. The molecule has 1 aliphatic heterocycles. The van der Waals surface area contributed by atoms with Crippen LogP contribution in [0.4, 0.5) is 0 Å². The van der Waals surface area contributed by atoms with Crippen LogP contribution in [0.25, 0.3) is 0 Å². The second-order valence-corrected chi connectivity index (χ2v) is 9.04. The smallest absolute Gasteiger partial charge is 0.248 e. The monoisotopic (exact) mass is 386 g/mol. The molecule has 1 fully saturated rings. The van der Waals surface area contributed by atoms with E-state index in [0.29, 0.717) is 13.0 Å². The van der Waals surface area contributed by atoms with Crippen molar-refractivity contribution in [2.75, 3.05) is 23.9 Å². The van der Waals surface area contributed by atoms with Crippen LogP contribution in [0.15, 0.2) is 29.2 Å². The highest BCUT2D eigenvalue weighted by Crippen LogP contribution is 2.22.